The Balaban J connectivity index is 1.62. The van der Waals surface area contributed by atoms with Crippen LogP contribution in [-0.2, 0) is 11.3 Å². The fourth-order valence-corrected chi connectivity index (χ4v) is 2.63. The van der Waals surface area contributed by atoms with Gasteiger partial charge in [0.25, 0.3) is 0 Å². The molecule has 1 N–H and O–H groups in total. The number of carbonyl (C=O) groups is 1. The van der Waals surface area contributed by atoms with Crippen LogP contribution in [0.4, 0.5) is 0 Å². The molecule has 2 aromatic carbocycles. The predicted molar refractivity (Wildman–Crippen MR) is 88.5 cm³/mol. The molecule has 1 fully saturated rings. The summed E-state index contributed by atoms with van der Waals surface area (Å²) in [4.78, 5) is 12.0. The molecule has 0 saturated carbocycles. The van der Waals surface area contributed by atoms with Crippen LogP contribution in [0.3, 0.4) is 0 Å². The summed E-state index contributed by atoms with van der Waals surface area (Å²) in [6.07, 6.45) is 2.22. The van der Waals surface area contributed by atoms with Gasteiger partial charge in [-0.2, -0.15) is 0 Å². The molecule has 1 aliphatic rings. The van der Waals surface area contributed by atoms with E-state index in [-0.39, 0.29) is 18.7 Å². The minimum atomic E-state index is -0.317. The number of carbonyl (C=O) groups excluding carboxylic acids is 1. The summed E-state index contributed by atoms with van der Waals surface area (Å²) in [6, 6.07) is 16.8. The van der Waals surface area contributed by atoms with Crippen molar-refractivity contribution in [2.24, 2.45) is 0 Å². The number of piperidine rings is 1. The molecule has 0 atom stereocenters. The van der Waals surface area contributed by atoms with Gasteiger partial charge in [0.2, 0.25) is 0 Å². The van der Waals surface area contributed by atoms with Gasteiger partial charge >= 0.3 is 5.97 Å². The Hall–Kier alpha value is -2.33. The van der Waals surface area contributed by atoms with E-state index in [9.17, 15) is 4.79 Å². The molecule has 0 radical (unpaired) electrons. The van der Waals surface area contributed by atoms with E-state index in [4.69, 9.17) is 9.47 Å². The van der Waals surface area contributed by atoms with Gasteiger partial charge in [0, 0.05) is 5.56 Å². The van der Waals surface area contributed by atoms with Crippen molar-refractivity contribution in [2.75, 3.05) is 13.1 Å². The molecule has 4 heteroatoms. The van der Waals surface area contributed by atoms with Crippen molar-refractivity contribution in [3.05, 3.63) is 65.7 Å². The van der Waals surface area contributed by atoms with Crippen molar-refractivity contribution in [1.82, 2.24) is 5.32 Å². The van der Waals surface area contributed by atoms with Crippen molar-refractivity contribution in [2.45, 2.75) is 25.6 Å². The van der Waals surface area contributed by atoms with Gasteiger partial charge in [-0.1, -0.05) is 36.4 Å². The first-order valence-electron chi connectivity index (χ1n) is 8.00. The summed E-state index contributed by atoms with van der Waals surface area (Å²) in [5.74, 6) is 0.488. The van der Waals surface area contributed by atoms with Crippen LogP contribution in [0.2, 0.25) is 0 Å². The van der Waals surface area contributed by atoms with Crippen molar-refractivity contribution in [3.63, 3.8) is 0 Å². The number of hydrogen-bond acceptors (Lipinski definition) is 4. The Labute approximate surface area is 136 Å². The summed E-state index contributed by atoms with van der Waals surface area (Å²) < 4.78 is 11.5. The Morgan fingerprint density at radius 3 is 2.48 bits per heavy atom. The van der Waals surface area contributed by atoms with Gasteiger partial charge in [0.05, 0.1) is 5.56 Å². The molecule has 1 aliphatic heterocycles. The predicted octanol–water partition coefficient (Wildman–Crippen LogP) is 3.17. The summed E-state index contributed by atoms with van der Waals surface area (Å²) in [5, 5.41) is 3.32. The van der Waals surface area contributed by atoms with Gasteiger partial charge in [-0.25, -0.2) is 4.79 Å². The third-order valence-electron chi connectivity index (χ3n) is 3.92. The summed E-state index contributed by atoms with van der Waals surface area (Å²) >= 11 is 0. The normalized spacial score (nSPS) is 15.1. The first-order valence-corrected chi connectivity index (χ1v) is 8.00. The van der Waals surface area contributed by atoms with Gasteiger partial charge in [0.1, 0.15) is 18.5 Å². The van der Waals surface area contributed by atoms with E-state index in [1.165, 1.54) is 0 Å². The zero-order valence-electron chi connectivity index (χ0n) is 13.0. The lowest BCUT2D eigenvalue weighted by Crippen LogP contribution is -2.34. The fourth-order valence-electron chi connectivity index (χ4n) is 2.63. The van der Waals surface area contributed by atoms with Crippen LogP contribution in [0.5, 0.6) is 5.75 Å². The lowest BCUT2D eigenvalue weighted by atomic mass is 10.1. The van der Waals surface area contributed by atoms with Crippen molar-refractivity contribution >= 4 is 5.97 Å². The fraction of sp³-hybridized carbons (Fsp3) is 0.316. The molecule has 1 saturated heterocycles. The highest BCUT2D eigenvalue weighted by Crippen LogP contribution is 2.23. The first kappa shape index (κ1) is 15.6. The van der Waals surface area contributed by atoms with Gasteiger partial charge in [-0.3, -0.25) is 0 Å². The van der Waals surface area contributed by atoms with Crippen molar-refractivity contribution in [1.29, 1.82) is 0 Å². The van der Waals surface area contributed by atoms with E-state index in [1.807, 2.05) is 42.5 Å². The highest BCUT2D eigenvalue weighted by atomic mass is 16.5. The Morgan fingerprint density at radius 2 is 1.70 bits per heavy atom. The second-order valence-corrected chi connectivity index (χ2v) is 5.62. The number of rotatable bonds is 5. The van der Waals surface area contributed by atoms with Gasteiger partial charge in [-0.05, 0) is 44.1 Å². The second kappa shape index (κ2) is 7.79. The van der Waals surface area contributed by atoms with Crippen LogP contribution in [-0.4, -0.2) is 25.2 Å². The van der Waals surface area contributed by atoms with Crippen LogP contribution in [0, 0.1) is 0 Å². The highest BCUT2D eigenvalue weighted by Gasteiger charge is 2.16. The van der Waals surface area contributed by atoms with Crippen molar-refractivity contribution in [3.8, 4) is 5.75 Å². The van der Waals surface area contributed by atoms with Gasteiger partial charge in [-0.15, -0.1) is 0 Å². The maximum atomic E-state index is 12.0. The third kappa shape index (κ3) is 4.33. The Bertz CT molecular complexity index is 636. The van der Waals surface area contributed by atoms with Crippen LogP contribution in [0.25, 0.3) is 0 Å². The van der Waals surface area contributed by atoms with Gasteiger partial charge < -0.3 is 14.8 Å². The lowest BCUT2D eigenvalue weighted by Gasteiger charge is -2.25. The van der Waals surface area contributed by atoms with Crippen LogP contribution in [0.1, 0.15) is 28.8 Å². The van der Waals surface area contributed by atoms with E-state index < -0.39 is 0 Å². The van der Waals surface area contributed by atoms with E-state index in [2.05, 4.69) is 5.32 Å². The highest BCUT2D eigenvalue weighted by molar-refractivity contribution is 5.89. The summed E-state index contributed by atoms with van der Waals surface area (Å²) in [6.45, 7) is 2.18. The third-order valence-corrected chi connectivity index (χ3v) is 3.92. The number of hydrogen-bond donors (Lipinski definition) is 1. The monoisotopic (exact) mass is 311 g/mol. The topological polar surface area (TPSA) is 47.6 Å². The minimum absolute atomic E-state index is 0.217. The standard InChI is InChI=1S/C19H21NO3/c21-19(15-6-2-1-3-7-15)22-14-16-8-4-5-9-18(16)23-17-10-12-20-13-11-17/h1-9,17,20H,10-14H2. The number of nitrogens with one attached hydrogen (secondary N) is 1. The molecule has 1 heterocycles. The zero-order valence-corrected chi connectivity index (χ0v) is 13.0. The lowest BCUT2D eigenvalue weighted by molar-refractivity contribution is 0.0466. The average molecular weight is 311 g/mol. The maximum absolute atomic E-state index is 12.0. The largest absolute Gasteiger partial charge is 0.490 e. The van der Waals surface area contributed by atoms with E-state index in [1.54, 1.807) is 12.1 Å². The molecule has 23 heavy (non-hydrogen) atoms. The van der Waals surface area contributed by atoms with Crippen LogP contribution >= 0.6 is 0 Å². The second-order valence-electron chi connectivity index (χ2n) is 5.62. The SMILES string of the molecule is O=C(OCc1ccccc1OC1CCNCC1)c1ccccc1. The molecule has 0 aliphatic carbocycles. The molecule has 0 spiro atoms. The molecular weight excluding hydrogens is 290 g/mol. The maximum Gasteiger partial charge on any atom is 0.338 e. The van der Waals surface area contributed by atoms with E-state index >= 15 is 0 Å². The molecule has 2 aromatic rings. The number of esters is 1. The molecule has 0 bridgehead atoms. The Morgan fingerprint density at radius 1 is 1.00 bits per heavy atom. The molecule has 120 valence electrons. The number of ether oxygens (including phenoxy) is 2. The van der Waals surface area contributed by atoms with E-state index in [0.29, 0.717) is 5.56 Å². The molecule has 0 aromatic heterocycles. The molecular formula is C19H21NO3. The van der Waals surface area contributed by atoms with Crippen LogP contribution in [0.15, 0.2) is 54.6 Å². The summed E-state index contributed by atoms with van der Waals surface area (Å²) in [5.41, 5.74) is 1.46. The summed E-state index contributed by atoms with van der Waals surface area (Å²) in [7, 11) is 0. The number of para-hydroxylation sites is 1. The molecule has 4 nitrogen and oxygen atoms in total. The average Bonchev–Trinajstić information content (AvgIpc) is 2.62. The van der Waals surface area contributed by atoms with Crippen LogP contribution < -0.4 is 10.1 Å². The molecule has 3 rings (SSSR count). The zero-order chi connectivity index (χ0) is 15.9. The Kier molecular flexibility index (Phi) is 5.27. The van der Waals surface area contributed by atoms with Crippen molar-refractivity contribution < 1.29 is 14.3 Å². The van der Waals surface area contributed by atoms with E-state index in [0.717, 1.165) is 37.2 Å². The minimum Gasteiger partial charge on any atom is -0.490 e. The first-order chi connectivity index (χ1) is 11.3. The number of benzene rings is 2. The quantitative estimate of drug-likeness (QED) is 0.862. The molecule has 0 unspecified atom stereocenters. The van der Waals surface area contributed by atoms with Gasteiger partial charge in [0.15, 0.2) is 0 Å². The smallest absolute Gasteiger partial charge is 0.338 e. The molecule has 0 amide bonds.